The summed E-state index contributed by atoms with van der Waals surface area (Å²) in [7, 11) is 0. The van der Waals surface area contributed by atoms with Crippen molar-refractivity contribution in [2.24, 2.45) is 5.92 Å². The molecule has 0 heterocycles. The van der Waals surface area contributed by atoms with Crippen LogP contribution in [0, 0.1) is 18.2 Å². The predicted molar refractivity (Wildman–Crippen MR) is 102 cm³/mol. The van der Waals surface area contributed by atoms with Crippen molar-refractivity contribution < 1.29 is 9.13 Å². The highest BCUT2D eigenvalue weighted by Crippen LogP contribution is 2.29. The van der Waals surface area contributed by atoms with Gasteiger partial charge in [-0.15, -0.1) is 0 Å². The molecule has 2 aromatic rings. The molecule has 3 rings (SSSR count). The van der Waals surface area contributed by atoms with Gasteiger partial charge in [-0.3, -0.25) is 0 Å². The van der Waals surface area contributed by atoms with Crippen molar-refractivity contribution in [1.82, 2.24) is 0 Å². The Labute approximate surface area is 151 Å². The first-order valence-corrected chi connectivity index (χ1v) is 9.59. The molecule has 0 bridgehead atoms. The van der Waals surface area contributed by atoms with Crippen LogP contribution in [0.3, 0.4) is 0 Å². The average molecular weight is 339 g/mol. The van der Waals surface area contributed by atoms with Crippen LogP contribution in [-0.4, -0.2) is 6.61 Å². The van der Waals surface area contributed by atoms with Crippen LogP contribution in [0.1, 0.15) is 51.0 Å². The van der Waals surface area contributed by atoms with Crippen LogP contribution in [0.15, 0.2) is 42.5 Å². The number of hydrogen-bond donors (Lipinski definition) is 0. The lowest BCUT2D eigenvalue weighted by molar-refractivity contribution is 0.301. The number of benzene rings is 2. The van der Waals surface area contributed by atoms with E-state index in [2.05, 4.69) is 30.7 Å². The molecule has 0 amide bonds. The Hall–Kier alpha value is -1.83. The number of hydrogen-bond acceptors (Lipinski definition) is 1. The van der Waals surface area contributed by atoms with Crippen LogP contribution in [0.5, 0.6) is 5.75 Å². The zero-order valence-corrected chi connectivity index (χ0v) is 15.1. The maximum absolute atomic E-state index is 14.1. The predicted octanol–water partition coefficient (Wildman–Crippen LogP) is 6.61. The van der Waals surface area contributed by atoms with Gasteiger partial charge < -0.3 is 4.74 Å². The molecule has 2 heteroatoms. The summed E-state index contributed by atoms with van der Waals surface area (Å²) in [6.07, 6.45) is 11.0. The van der Waals surface area contributed by atoms with Gasteiger partial charge in [-0.05, 0) is 73.3 Å². The highest BCUT2D eigenvalue weighted by molar-refractivity contribution is 5.64. The minimum atomic E-state index is -0.288. The van der Waals surface area contributed by atoms with Gasteiger partial charge in [-0.1, -0.05) is 50.1 Å². The van der Waals surface area contributed by atoms with Gasteiger partial charge >= 0.3 is 0 Å². The fourth-order valence-corrected chi connectivity index (χ4v) is 3.53. The fourth-order valence-electron chi connectivity index (χ4n) is 3.53. The van der Waals surface area contributed by atoms with E-state index < -0.39 is 0 Å². The maximum Gasteiger partial charge on any atom is 0.165 e. The Bertz CT molecular complexity index is 656. The van der Waals surface area contributed by atoms with Gasteiger partial charge in [-0.25, -0.2) is 4.39 Å². The minimum absolute atomic E-state index is 0.288. The highest BCUT2D eigenvalue weighted by atomic mass is 19.1. The van der Waals surface area contributed by atoms with Gasteiger partial charge in [0.05, 0.1) is 6.61 Å². The molecule has 1 nitrogen and oxygen atoms in total. The van der Waals surface area contributed by atoms with Gasteiger partial charge in [0, 0.05) is 0 Å². The zero-order valence-electron chi connectivity index (χ0n) is 15.1. The summed E-state index contributed by atoms with van der Waals surface area (Å²) in [4.78, 5) is 0. The lowest BCUT2D eigenvalue weighted by atomic mass is 9.85. The van der Waals surface area contributed by atoms with E-state index in [1.54, 1.807) is 12.1 Å². The second-order valence-corrected chi connectivity index (χ2v) is 7.04. The summed E-state index contributed by atoms with van der Waals surface area (Å²) >= 11 is 0. The van der Waals surface area contributed by atoms with Crippen LogP contribution < -0.4 is 4.74 Å². The van der Waals surface area contributed by atoms with Crippen molar-refractivity contribution in [2.75, 3.05) is 6.61 Å². The lowest BCUT2D eigenvalue weighted by Crippen LogP contribution is -2.07. The molecule has 1 radical (unpaired) electrons. The summed E-state index contributed by atoms with van der Waals surface area (Å²) in [5.74, 6) is 0.936. The normalized spacial score (nSPS) is 15.3. The summed E-state index contributed by atoms with van der Waals surface area (Å²) in [6.45, 7) is 2.56. The molecular formula is C23H28FO. The monoisotopic (exact) mass is 339 g/mol. The first kappa shape index (κ1) is 18.0. The van der Waals surface area contributed by atoms with Crippen LogP contribution in [0.4, 0.5) is 4.39 Å². The Kier molecular flexibility index (Phi) is 6.49. The molecule has 0 unspecified atom stereocenters. The number of halogens is 1. The SMILES string of the molecule is CCCOc1ccc(-c2ccc(CCC3CC[CH]CC3)cc2)cc1F. The van der Waals surface area contributed by atoms with Gasteiger partial charge in [0.2, 0.25) is 0 Å². The third-order valence-corrected chi connectivity index (χ3v) is 5.08. The number of rotatable bonds is 7. The molecule has 1 fully saturated rings. The van der Waals surface area contributed by atoms with Gasteiger partial charge in [0.25, 0.3) is 0 Å². The highest BCUT2D eigenvalue weighted by Gasteiger charge is 2.13. The molecule has 1 aliphatic rings. The largest absolute Gasteiger partial charge is 0.491 e. The quantitative estimate of drug-likeness (QED) is 0.551. The molecule has 0 aromatic heterocycles. The van der Waals surface area contributed by atoms with Crippen LogP contribution in [0.25, 0.3) is 11.1 Å². The number of aryl methyl sites for hydroxylation is 1. The van der Waals surface area contributed by atoms with Crippen LogP contribution in [-0.2, 0) is 6.42 Å². The van der Waals surface area contributed by atoms with E-state index >= 15 is 0 Å². The second kappa shape index (κ2) is 9.03. The molecule has 1 saturated carbocycles. The van der Waals surface area contributed by atoms with E-state index in [-0.39, 0.29) is 5.82 Å². The van der Waals surface area contributed by atoms with Crippen molar-refractivity contribution >= 4 is 0 Å². The second-order valence-electron chi connectivity index (χ2n) is 7.04. The lowest BCUT2D eigenvalue weighted by Gasteiger charge is -2.21. The molecule has 1 aliphatic carbocycles. The van der Waals surface area contributed by atoms with E-state index in [1.165, 1.54) is 37.7 Å². The molecule has 25 heavy (non-hydrogen) atoms. The maximum atomic E-state index is 14.1. The topological polar surface area (TPSA) is 9.23 Å². The van der Waals surface area contributed by atoms with E-state index in [1.807, 2.05) is 13.0 Å². The zero-order chi connectivity index (χ0) is 17.5. The van der Waals surface area contributed by atoms with Crippen molar-refractivity contribution in [2.45, 2.75) is 51.9 Å². The first-order chi connectivity index (χ1) is 12.3. The fraction of sp³-hybridized carbons (Fsp3) is 0.435. The van der Waals surface area contributed by atoms with E-state index in [0.29, 0.717) is 12.4 Å². The van der Waals surface area contributed by atoms with Gasteiger partial charge in [0.1, 0.15) is 0 Å². The van der Waals surface area contributed by atoms with E-state index in [0.717, 1.165) is 29.9 Å². The number of ether oxygens (including phenoxy) is 1. The summed E-state index contributed by atoms with van der Waals surface area (Å²) in [5, 5.41) is 0. The smallest absolute Gasteiger partial charge is 0.165 e. The Morgan fingerprint density at radius 1 is 1.00 bits per heavy atom. The summed E-state index contributed by atoms with van der Waals surface area (Å²) in [5.41, 5.74) is 3.33. The Balaban J connectivity index is 1.60. The summed E-state index contributed by atoms with van der Waals surface area (Å²) < 4.78 is 19.5. The van der Waals surface area contributed by atoms with Crippen molar-refractivity contribution in [3.05, 3.63) is 60.3 Å². The Morgan fingerprint density at radius 3 is 2.40 bits per heavy atom. The molecule has 2 aromatic carbocycles. The minimum Gasteiger partial charge on any atom is -0.491 e. The van der Waals surface area contributed by atoms with Crippen LogP contribution in [0.2, 0.25) is 0 Å². The van der Waals surface area contributed by atoms with Gasteiger partial charge in [-0.2, -0.15) is 0 Å². The molecule has 133 valence electrons. The molecule has 0 aliphatic heterocycles. The third kappa shape index (κ3) is 5.07. The van der Waals surface area contributed by atoms with Crippen molar-refractivity contribution in [3.63, 3.8) is 0 Å². The summed E-state index contributed by atoms with van der Waals surface area (Å²) in [6, 6.07) is 13.8. The van der Waals surface area contributed by atoms with Gasteiger partial charge in [0.15, 0.2) is 11.6 Å². The molecule has 0 N–H and O–H groups in total. The van der Waals surface area contributed by atoms with E-state index in [4.69, 9.17) is 4.74 Å². The van der Waals surface area contributed by atoms with Crippen LogP contribution >= 0.6 is 0 Å². The third-order valence-electron chi connectivity index (χ3n) is 5.08. The first-order valence-electron chi connectivity index (χ1n) is 9.59. The standard InChI is InChI=1S/C23H28FO/c1-2-16-25-23-15-14-21(17-22(23)24)20-12-10-19(11-13-20)9-8-18-6-4-3-5-7-18/h3,10-15,17-18H,2,4-9,16H2,1H3. The molecular weight excluding hydrogens is 311 g/mol. The molecule has 0 atom stereocenters. The Morgan fingerprint density at radius 2 is 1.72 bits per heavy atom. The molecule has 0 saturated heterocycles. The van der Waals surface area contributed by atoms with Crippen molar-refractivity contribution in [1.29, 1.82) is 0 Å². The van der Waals surface area contributed by atoms with Crippen molar-refractivity contribution in [3.8, 4) is 16.9 Å². The molecule has 0 spiro atoms. The van der Waals surface area contributed by atoms with E-state index in [9.17, 15) is 4.39 Å². The average Bonchev–Trinajstić information content (AvgIpc) is 2.67.